The maximum Gasteiger partial charge on any atom is 0.325 e. The van der Waals surface area contributed by atoms with Crippen LogP contribution >= 0.6 is 0 Å². The van der Waals surface area contributed by atoms with Crippen molar-refractivity contribution in [2.75, 3.05) is 37.6 Å². The summed E-state index contributed by atoms with van der Waals surface area (Å²) in [7, 11) is 0. The highest BCUT2D eigenvalue weighted by molar-refractivity contribution is 5.96. The molecule has 2 aliphatic heterocycles. The molecule has 3 heterocycles. The molecule has 0 N–H and O–H groups in total. The number of benzene rings is 1. The summed E-state index contributed by atoms with van der Waals surface area (Å²) in [5.41, 5.74) is 0.856. The molecule has 1 aromatic carbocycles. The molecular weight excluding hydrogens is 346 g/mol. The summed E-state index contributed by atoms with van der Waals surface area (Å²) < 4.78 is 5.72. The SMILES string of the molecule is O=C(CN1CCN(c2ccccc2)C1=O)N1CCC(Oc2ncccn2)C1. The molecule has 3 amide bonds. The van der Waals surface area contributed by atoms with Gasteiger partial charge in [0.1, 0.15) is 12.6 Å². The summed E-state index contributed by atoms with van der Waals surface area (Å²) >= 11 is 0. The zero-order valence-corrected chi connectivity index (χ0v) is 14.9. The average molecular weight is 367 g/mol. The van der Waals surface area contributed by atoms with Gasteiger partial charge in [-0.25, -0.2) is 14.8 Å². The van der Waals surface area contributed by atoms with Crippen molar-refractivity contribution in [2.45, 2.75) is 12.5 Å². The number of rotatable bonds is 5. The number of carbonyl (C=O) groups excluding carboxylic acids is 2. The van der Waals surface area contributed by atoms with Crippen molar-refractivity contribution in [3.05, 3.63) is 48.8 Å². The van der Waals surface area contributed by atoms with Crippen LogP contribution in [0.15, 0.2) is 48.8 Å². The van der Waals surface area contributed by atoms with E-state index in [4.69, 9.17) is 4.74 Å². The summed E-state index contributed by atoms with van der Waals surface area (Å²) in [6.07, 6.45) is 3.86. The maximum atomic E-state index is 12.6. The predicted octanol–water partition coefficient (Wildman–Crippen LogP) is 1.40. The standard InChI is InChI=1S/C19H21N5O3/c25-17(22-10-7-16(13-22)27-18-20-8-4-9-21-18)14-23-11-12-24(19(23)26)15-5-2-1-3-6-15/h1-6,8-9,16H,7,10-14H2. The van der Waals surface area contributed by atoms with Crippen LogP contribution < -0.4 is 9.64 Å². The van der Waals surface area contributed by atoms with Crippen molar-refractivity contribution in [3.63, 3.8) is 0 Å². The van der Waals surface area contributed by atoms with E-state index in [-0.39, 0.29) is 24.6 Å². The summed E-state index contributed by atoms with van der Waals surface area (Å²) in [6.45, 7) is 2.33. The lowest BCUT2D eigenvalue weighted by Gasteiger charge is -2.22. The van der Waals surface area contributed by atoms with E-state index in [1.54, 1.807) is 33.2 Å². The summed E-state index contributed by atoms with van der Waals surface area (Å²) in [4.78, 5) is 38.4. The van der Waals surface area contributed by atoms with E-state index in [0.29, 0.717) is 32.2 Å². The maximum absolute atomic E-state index is 12.6. The molecule has 0 radical (unpaired) electrons. The third-order valence-electron chi connectivity index (χ3n) is 4.80. The molecule has 0 bridgehead atoms. The van der Waals surface area contributed by atoms with Gasteiger partial charge in [0.05, 0.1) is 6.54 Å². The quantitative estimate of drug-likeness (QED) is 0.798. The molecule has 2 aliphatic rings. The summed E-state index contributed by atoms with van der Waals surface area (Å²) in [5, 5.41) is 0. The van der Waals surface area contributed by atoms with Crippen molar-refractivity contribution >= 4 is 17.6 Å². The first-order valence-electron chi connectivity index (χ1n) is 9.03. The van der Waals surface area contributed by atoms with Gasteiger partial charge in [0.2, 0.25) is 5.91 Å². The average Bonchev–Trinajstić information content (AvgIpc) is 3.31. The normalized spacial score (nSPS) is 19.6. The van der Waals surface area contributed by atoms with E-state index in [2.05, 4.69) is 9.97 Å². The van der Waals surface area contributed by atoms with Crippen LogP contribution in [-0.2, 0) is 4.79 Å². The number of nitrogens with zero attached hydrogens (tertiary/aromatic N) is 5. The first-order valence-corrected chi connectivity index (χ1v) is 9.03. The van der Waals surface area contributed by atoms with Crippen molar-refractivity contribution in [2.24, 2.45) is 0 Å². The Hall–Kier alpha value is -3.16. The molecule has 1 atom stereocenters. The fraction of sp³-hybridized carbons (Fsp3) is 0.368. The minimum absolute atomic E-state index is 0.0571. The molecule has 2 saturated heterocycles. The minimum Gasteiger partial charge on any atom is -0.458 e. The van der Waals surface area contributed by atoms with Crippen molar-refractivity contribution in [1.29, 1.82) is 0 Å². The molecule has 0 spiro atoms. The molecule has 8 nitrogen and oxygen atoms in total. The van der Waals surface area contributed by atoms with E-state index < -0.39 is 0 Å². The van der Waals surface area contributed by atoms with Gasteiger partial charge >= 0.3 is 12.0 Å². The number of para-hydroxylation sites is 1. The number of anilines is 1. The molecular formula is C19H21N5O3. The molecule has 140 valence electrons. The van der Waals surface area contributed by atoms with Crippen LogP contribution in [-0.4, -0.2) is 70.5 Å². The van der Waals surface area contributed by atoms with Gasteiger partial charge in [0, 0.05) is 44.1 Å². The fourth-order valence-electron chi connectivity index (χ4n) is 3.39. The molecule has 1 unspecified atom stereocenters. The Morgan fingerprint density at radius 1 is 1.07 bits per heavy atom. The molecule has 2 aromatic rings. The third-order valence-corrected chi connectivity index (χ3v) is 4.80. The highest BCUT2D eigenvalue weighted by Gasteiger charge is 2.34. The lowest BCUT2D eigenvalue weighted by Crippen LogP contribution is -2.42. The molecule has 4 rings (SSSR count). The number of hydrogen-bond donors (Lipinski definition) is 0. The summed E-state index contributed by atoms with van der Waals surface area (Å²) in [5.74, 6) is -0.0571. The van der Waals surface area contributed by atoms with E-state index in [1.165, 1.54) is 0 Å². The Bertz CT molecular complexity index is 802. The topological polar surface area (TPSA) is 78.9 Å². The Morgan fingerprint density at radius 2 is 1.85 bits per heavy atom. The Morgan fingerprint density at radius 3 is 2.63 bits per heavy atom. The van der Waals surface area contributed by atoms with Crippen LogP contribution in [0.4, 0.5) is 10.5 Å². The van der Waals surface area contributed by atoms with Gasteiger partial charge in [-0.1, -0.05) is 18.2 Å². The van der Waals surface area contributed by atoms with Gasteiger partial charge in [-0.05, 0) is 18.2 Å². The van der Waals surface area contributed by atoms with Gasteiger partial charge in [-0.3, -0.25) is 9.69 Å². The Labute approximate surface area is 157 Å². The third kappa shape index (κ3) is 3.84. The van der Waals surface area contributed by atoms with E-state index in [0.717, 1.165) is 12.1 Å². The van der Waals surface area contributed by atoms with Crippen molar-refractivity contribution in [1.82, 2.24) is 19.8 Å². The second kappa shape index (κ2) is 7.61. The number of amides is 3. The Kier molecular flexibility index (Phi) is 4.86. The van der Waals surface area contributed by atoms with Gasteiger partial charge in [-0.15, -0.1) is 0 Å². The smallest absolute Gasteiger partial charge is 0.325 e. The molecule has 8 heteroatoms. The second-order valence-electron chi connectivity index (χ2n) is 6.59. The number of hydrogen-bond acceptors (Lipinski definition) is 5. The monoisotopic (exact) mass is 367 g/mol. The van der Waals surface area contributed by atoms with Crippen molar-refractivity contribution in [3.8, 4) is 6.01 Å². The first-order chi connectivity index (χ1) is 13.2. The zero-order chi connectivity index (χ0) is 18.6. The minimum atomic E-state index is -0.126. The van der Waals surface area contributed by atoms with Gasteiger partial charge in [-0.2, -0.15) is 0 Å². The predicted molar refractivity (Wildman–Crippen MR) is 98.4 cm³/mol. The van der Waals surface area contributed by atoms with Crippen LogP contribution in [0.25, 0.3) is 0 Å². The van der Waals surface area contributed by atoms with Crippen LogP contribution in [0.1, 0.15) is 6.42 Å². The van der Waals surface area contributed by atoms with Gasteiger partial charge in [0.15, 0.2) is 0 Å². The van der Waals surface area contributed by atoms with Crippen LogP contribution in [0.2, 0.25) is 0 Å². The van der Waals surface area contributed by atoms with E-state index >= 15 is 0 Å². The van der Waals surface area contributed by atoms with Crippen molar-refractivity contribution < 1.29 is 14.3 Å². The fourth-order valence-corrected chi connectivity index (χ4v) is 3.39. The lowest BCUT2D eigenvalue weighted by molar-refractivity contribution is -0.130. The summed E-state index contributed by atoms with van der Waals surface area (Å²) in [6, 6.07) is 11.4. The van der Waals surface area contributed by atoms with Crippen LogP contribution in [0.5, 0.6) is 6.01 Å². The molecule has 1 aromatic heterocycles. The van der Waals surface area contributed by atoms with E-state index in [1.807, 2.05) is 30.3 Å². The number of likely N-dealkylation sites (tertiary alicyclic amines) is 1. The molecule has 0 aliphatic carbocycles. The van der Waals surface area contributed by atoms with Crippen LogP contribution in [0, 0.1) is 0 Å². The number of carbonyl (C=O) groups is 2. The highest BCUT2D eigenvalue weighted by atomic mass is 16.5. The molecule has 2 fully saturated rings. The Balaban J connectivity index is 1.30. The number of urea groups is 1. The van der Waals surface area contributed by atoms with Gasteiger partial charge < -0.3 is 14.5 Å². The zero-order valence-electron chi connectivity index (χ0n) is 14.9. The lowest BCUT2D eigenvalue weighted by atomic mass is 10.3. The molecule has 27 heavy (non-hydrogen) atoms. The van der Waals surface area contributed by atoms with Crippen LogP contribution in [0.3, 0.4) is 0 Å². The van der Waals surface area contributed by atoms with E-state index in [9.17, 15) is 9.59 Å². The molecule has 0 saturated carbocycles. The van der Waals surface area contributed by atoms with Gasteiger partial charge in [0.25, 0.3) is 0 Å². The second-order valence-corrected chi connectivity index (χ2v) is 6.59. The largest absolute Gasteiger partial charge is 0.458 e. The number of ether oxygens (including phenoxy) is 1. The number of aromatic nitrogens is 2. The first kappa shape index (κ1) is 17.3. The highest BCUT2D eigenvalue weighted by Crippen LogP contribution is 2.20.